The largest absolute Gasteiger partial charge is 0.485 e. The normalized spacial score (nSPS) is 13.5. The molecule has 0 aromatic heterocycles. The van der Waals surface area contributed by atoms with Crippen molar-refractivity contribution in [2.45, 2.75) is 6.10 Å². The fourth-order valence-corrected chi connectivity index (χ4v) is 1.93. The van der Waals surface area contributed by atoms with E-state index in [0.717, 1.165) is 12.1 Å². The number of quaternary nitrogens is 1. The molecule has 1 unspecified atom stereocenters. The molecule has 0 aliphatic rings. The van der Waals surface area contributed by atoms with Crippen LogP contribution in [0, 0.1) is 11.6 Å². The molecule has 0 heterocycles. The maximum atomic E-state index is 13.4. The van der Waals surface area contributed by atoms with Gasteiger partial charge in [0.2, 0.25) is 0 Å². The van der Waals surface area contributed by atoms with Gasteiger partial charge in [-0.15, -0.1) is 0 Å². The van der Waals surface area contributed by atoms with Gasteiger partial charge >= 0.3 is 0 Å². The van der Waals surface area contributed by atoms with Gasteiger partial charge in [0.25, 0.3) is 0 Å². The Morgan fingerprint density at radius 2 is 1.78 bits per heavy atom. The summed E-state index contributed by atoms with van der Waals surface area (Å²) in [6.45, 7) is 0.282. The van der Waals surface area contributed by atoms with E-state index in [2.05, 4.69) is 15.9 Å². The van der Waals surface area contributed by atoms with E-state index in [1.807, 2.05) is 21.1 Å². The molecule has 0 aliphatic carbocycles. The Balaban J connectivity index is 2.64. The Morgan fingerprint density at radius 1 is 1.28 bits per heavy atom. The van der Waals surface area contributed by atoms with Crippen LogP contribution >= 0.6 is 15.9 Å². The van der Waals surface area contributed by atoms with Crippen molar-refractivity contribution in [3.05, 3.63) is 28.2 Å². The molecule has 3 nitrogen and oxygen atoms in total. The van der Waals surface area contributed by atoms with Crippen LogP contribution in [0.25, 0.3) is 0 Å². The second kappa shape index (κ2) is 5.95. The van der Waals surface area contributed by atoms with Crippen molar-refractivity contribution >= 4 is 15.9 Å². The van der Waals surface area contributed by atoms with Crippen molar-refractivity contribution < 1.29 is 23.1 Å². The van der Waals surface area contributed by atoms with E-state index in [-0.39, 0.29) is 6.61 Å². The van der Waals surface area contributed by atoms with Crippen LogP contribution in [0.4, 0.5) is 8.78 Å². The third-order valence-corrected chi connectivity index (χ3v) is 2.60. The predicted octanol–water partition coefficient (Wildman–Crippen LogP) is 2.17. The molecule has 0 amide bonds. The molecule has 1 aromatic rings. The van der Waals surface area contributed by atoms with Crippen molar-refractivity contribution in [3.8, 4) is 5.75 Å². The van der Waals surface area contributed by atoms with Crippen LogP contribution in [0.5, 0.6) is 5.75 Å². The minimum atomic E-state index is -0.792. The van der Waals surface area contributed by atoms with Crippen molar-refractivity contribution in [1.82, 2.24) is 0 Å². The summed E-state index contributed by atoms with van der Waals surface area (Å²) in [5.74, 6) is -2.04. The fourth-order valence-electron chi connectivity index (χ4n) is 1.53. The number of likely N-dealkylation sites (N-methyl/N-ethyl adjacent to an activating group) is 1. The highest BCUT2D eigenvalue weighted by atomic mass is 79.9. The summed E-state index contributed by atoms with van der Waals surface area (Å²) in [5, 5.41) is 9.69. The van der Waals surface area contributed by atoms with Crippen molar-refractivity contribution in [2.75, 3.05) is 34.3 Å². The lowest BCUT2D eigenvalue weighted by atomic mass is 10.3. The van der Waals surface area contributed by atoms with Gasteiger partial charge in [0.15, 0.2) is 17.4 Å². The molecule has 0 fully saturated rings. The average Bonchev–Trinajstić information content (AvgIpc) is 2.12. The molecule has 0 saturated carbocycles. The number of aliphatic hydroxyl groups is 1. The van der Waals surface area contributed by atoms with Crippen molar-refractivity contribution in [3.63, 3.8) is 0 Å². The first-order chi connectivity index (χ1) is 8.19. The standard InChI is InChI=1S/C12H17BrF2NO2/c1-16(2,3)6-9(17)7-18-12-10(14)4-8(13)5-11(12)15/h4-5,9,17H,6-7H2,1-3H3/q+1. The van der Waals surface area contributed by atoms with Crippen molar-refractivity contribution in [2.24, 2.45) is 0 Å². The minimum Gasteiger partial charge on any atom is -0.485 e. The van der Waals surface area contributed by atoms with Gasteiger partial charge in [0.1, 0.15) is 19.3 Å². The first-order valence-electron chi connectivity index (χ1n) is 5.45. The zero-order chi connectivity index (χ0) is 13.9. The van der Waals surface area contributed by atoms with Crippen LogP contribution in [0.1, 0.15) is 0 Å². The number of rotatable bonds is 5. The zero-order valence-electron chi connectivity index (χ0n) is 10.6. The molecular weight excluding hydrogens is 308 g/mol. The maximum Gasteiger partial charge on any atom is 0.190 e. The maximum absolute atomic E-state index is 13.4. The van der Waals surface area contributed by atoms with Gasteiger partial charge in [-0.2, -0.15) is 0 Å². The van der Waals surface area contributed by atoms with E-state index in [0.29, 0.717) is 15.5 Å². The number of benzene rings is 1. The third kappa shape index (κ3) is 4.88. The Hall–Kier alpha value is -0.720. The second-order valence-electron chi connectivity index (χ2n) is 5.14. The molecule has 0 aliphatic heterocycles. The molecule has 1 rings (SSSR count). The zero-order valence-corrected chi connectivity index (χ0v) is 12.2. The Labute approximate surface area is 114 Å². The van der Waals surface area contributed by atoms with E-state index < -0.39 is 23.5 Å². The fraction of sp³-hybridized carbons (Fsp3) is 0.500. The lowest BCUT2D eigenvalue weighted by Gasteiger charge is -2.26. The quantitative estimate of drug-likeness (QED) is 0.841. The lowest BCUT2D eigenvalue weighted by Crippen LogP contribution is -2.43. The predicted molar refractivity (Wildman–Crippen MR) is 68.5 cm³/mol. The Kier molecular flexibility index (Phi) is 5.07. The highest BCUT2D eigenvalue weighted by Gasteiger charge is 2.18. The number of aliphatic hydroxyl groups excluding tert-OH is 1. The molecule has 102 valence electrons. The molecule has 0 radical (unpaired) electrons. The average molecular weight is 325 g/mol. The second-order valence-corrected chi connectivity index (χ2v) is 6.05. The summed E-state index contributed by atoms with van der Waals surface area (Å²) in [5.41, 5.74) is 0. The van der Waals surface area contributed by atoms with Gasteiger partial charge in [-0.1, -0.05) is 15.9 Å². The molecule has 0 saturated heterocycles. The highest BCUT2D eigenvalue weighted by Crippen LogP contribution is 2.25. The Bertz CT molecular complexity index is 398. The third-order valence-electron chi connectivity index (χ3n) is 2.14. The van der Waals surface area contributed by atoms with E-state index in [9.17, 15) is 13.9 Å². The number of hydrogen-bond acceptors (Lipinski definition) is 2. The van der Waals surface area contributed by atoms with Crippen LogP contribution in [0.3, 0.4) is 0 Å². The summed E-state index contributed by atoms with van der Waals surface area (Å²) in [6.07, 6.45) is -0.785. The number of nitrogens with zero attached hydrogens (tertiary/aromatic N) is 1. The summed E-state index contributed by atoms with van der Waals surface area (Å²) < 4.78 is 32.7. The number of hydrogen-bond donors (Lipinski definition) is 1. The van der Waals surface area contributed by atoms with E-state index in [1.165, 1.54) is 0 Å². The van der Waals surface area contributed by atoms with Gasteiger partial charge in [0, 0.05) is 4.47 Å². The summed E-state index contributed by atoms with van der Waals surface area (Å²) in [6, 6.07) is 2.23. The molecule has 18 heavy (non-hydrogen) atoms. The van der Waals surface area contributed by atoms with Gasteiger partial charge in [-0.25, -0.2) is 8.78 Å². The molecule has 0 spiro atoms. The Morgan fingerprint density at radius 3 is 2.22 bits per heavy atom. The van der Waals surface area contributed by atoms with E-state index in [1.54, 1.807) is 0 Å². The van der Waals surface area contributed by atoms with Crippen LogP contribution in [0.2, 0.25) is 0 Å². The van der Waals surface area contributed by atoms with Crippen LogP contribution in [0.15, 0.2) is 16.6 Å². The molecule has 0 bridgehead atoms. The van der Waals surface area contributed by atoms with Crippen molar-refractivity contribution in [1.29, 1.82) is 0 Å². The van der Waals surface area contributed by atoms with Crippen LogP contribution in [-0.4, -0.2) is 50.0 Å². The van der Waals surface area contributed by atoms with Crippen LogP contribution in [-0.2, 0) is 0 Å². The summed E-state index contributed by atoms with van der Waals surface area (Å²) in [7, 11) is 5.72. The van der Waals surface area contributed by atoms with Gasteiger partial charge in [0.05, 0.1) is 21.1 Å². The molecule has 1 atom stereocenters. The van der Waals surface area contributed by atoms with E-state index >= 15 is 0 Å². The molecular formula is C12H17BrF2NO2+. The lowest BCUT2D eigenvalue weighted by molar-refractivity contribution is -0.873. The smallest absolute Gasteiger partial charge is 0.190 e. The van der Waals surface area contributed by atoms with Crippen LogP contribution < -0.4 is 4.74 Å². The topological polar surface area (TPSA) is 29.5 Å². The minimum absolute atomic E-state index is 0.148. The summed E-state index contributed by atoms with van der Waals surface area (Å²) >= 11 is 2.98. The highest BCUT2D eigenvalue weighted by molar-refractivity contribution is 9.10. The molecule has 6 heteroatoms. The monoisotopic (exact) mass is 324 g/mol. The number of ether oxygens (including phenoxy) is 1. The number of halogens is 3. The van der Waals surface area contributed by atoms with Gasteiger partial charge < -0.3 is 14.3 Å². The van der Waals surface area contributed by atoms with Gasteiger partial charge in [-0.3, -0.25) is 0 Å². The summed E-state index contributed by atoms with van der Waals surface area (Å²) in [4.78, 5) is 0. The van der Waals surface area contributed by atoms with Gasteiger partial charge in [-0.05, 0) is 12.1 Å². The molecule has 1 N–H and O–H groups in total. The van der Waals surface area contributed by atoms with E-state index in [4.69, 9.17) is 4.74 Å². The SMILES string of the molecule is C[N+](C)(C)CC(O)COc1c(F)cc(Br)cc1F. The first kappa shape index (κ1) is 15.3. The molecule has 1 aromatic carbocycles. The first-order valence-corrected chi connectivity index (χ1v) is 6.24.